The summed E-state index contributed by atoms with van der Waals surface area (Å²) in [4.78, 5) is 14.6. The minimum atomic E-state index is -2.89. The van der Waals surface area contributed by atoms with Crippen LogP contribution in [0.15, 0.2) is 115 Å². The van der Waals surface area contributed by atoms with Crippen molar-refractivity contribution in [2.45, 2.75) is 6.61 Å². The molecule has 0 heterocycles. The molecule has 0 saturated heterocycles. The Bertz CT molecular complexity index is 1170. The van der Waals surface area contributed by atoms with Crippen LogP contribution in [0.4, 0.5) is 25.8 Å². The number of hydrogen-bond donors (Lipinski definition) is 0. The summed E-state index contributed by atoms with van der Waals surface area (Å²) in [6.07, 6.45) is 3.19. The molecule has 0 unspecified atom stereocenters. The van der Waals surface area contributed by atoms with Gasteiger partial charge in [0.2, 0.25) is 0 Å². The van der Waals surface area contributed by atoms with Gasteiger partial charge in [-0.25, -0.2) is 0 Å². The molecule has 33 heavy (non-hydrogen) atoms. The number of ketones is 1. The van der Waals surface area contributed by atoms with Gasteiger partial charge in [0.15, 0.2) is 5.78 Å². The van der Waals surface area contributed by atoms with E-state index in [-0.39, 0.29) is 11.5 Å². The molecule has 0 saturated carbocycles. The van der Waals surface area contributed by atoms with Crippen molar-refractivity contribution < 1.29 is 18.3 Å². The molecule has 0 N–H and O–H groups in total. The number of allylic oxidation sites excluding steroid dienone is 1. The molecule has 4 aromatic carbocycles. The van der Waals surface area contributed by atoms with Crippen LogP contribution in [0.3, 0.4) is 0 Å². The fourth-order valence-corrected chi connectivity index (χ4v) is 3.40. The highest BCUT2D eigenvalue weighted by Crippen LogP contribution is 2.34. The lowest BCUT2D eigenvalue weighted by Gasteiger charge is -2.25. The minimum absolute atomic E-state index is 0.0162. The van der Waals surface area contributed by atoms with Gasteiger partial charge in [-0.15, -0.1) is 0 Å². The van der Waals surface area contributed by atoms with Gasteiger partial charge in [0.05, 0.1) is 0 Å². The lowest BCUT2D eigenvalue weighted by Crippen LogP contribution is -2.09. The Labute approximate surface area is 191 Å². The maximum Gasteiger partial charge on any atom is 0.387 e. The summed E-state index contributed by atoms with van der Waals surface area (Å²) in [5.41, 5.74) is 4.34. The molecule has 0 aliphatic carbocycles. The molecule has 0 spiro atoms. The Balaban J connectivity index is 1.51. The molecule has 4 aromatic rings. The number of ether oxygens (including phenoxy) is 1. The Morgan fingerprint density at radius 1 is 0.697 bits per heavy atom. The quantitative estimate of drug-likeness (QED) is 0.208. The number of carbonyl (C=O) groups excluding carboxylic acids is 1. The molecule has 0 aliphatic heterocycles. The second kappa shape index (κ2) is 10.4. The molecule has 0 atom stereocenters. The lowest BCUT2D eigenvalue weighted by atomic mass is 10.1. The van der Waals surface area contributed by atoms with Crippen molar-refractivity contribution in [1.82, 2.24) is 0 Å². The molecule has 0 radical (unpaired) electrons. The maximum atomic E-state index is 12.4. The van der Waals surface area contributed by atoms with Crippen LogP contribution in [0.2, 0.25) is 0 Å². The normalized spacial score (nSPS) is 11.0. The minimum Gasteiger partial charge on any atom is -0.435 e. The Kier molecular flexibility index (Phi) is 6.90. The molecule has 4 rings (SSSR count). The first-order chi connectivity index (χ1) is 16.1. The second-order valence-electron chi connectivity index (χ2n) is 7.20. The predicted molar refractivity (Wildman–Crippen MR) is 128 cm³/mol. The molecular weight excluding hydrogens is 420 g/mol. The maximum absolute atomic E-state index is 12.4. The van der Waals surface area contributed by atoms with Crippen LogP contribution in [-0.4, -0.2) is 12.4 Å². The molecule has 164 valence electrons. The zero-order chi connectivity index (χ0) is 23.0. The molecule has 0 fully saturated rings. The van der Waals surface area contributed by atoms with Gasteiger partial charge >= 0.3 is 6.61 Å². The number of halogens is 2. The fourth-order valence-electron chi connectivity index (χ4n) is 3.40. The van der Waals surface area contributed by atoms with E-state index < -0.39 is 6.61 Å². The molecule has 3 nitrogen and oxygen atoms in total. The van der Waals surface area contributed by atoms with Crippen molar-refractivity contribution in [1.29, 1.82) is 0 Å². The van der Waals surface area contributed by atoms with Crippen molar-refractivity contribution in [3.05, 3.63) is 126 Å². The van der Waals surface area contributed by atoms with E-state index in [1.807, 2.05) is 60.7 Å². The predicted octanol–water partition coefficient (Wildman–Crippen LogP) is 7.65. The lowest BCUT2D eigenvalue weighted by molar-refractivity contribution is -0.0498. The third-order valence-corrected chi connectivity index (χ3v) is 4.97. The van der Waals surface area contributed by atoms with Crippen LogP contribution in [0.25, 0.3) is 6.08 Å². The largest absolute Gasteiger partial charge is 0.435 e. The van der Waals surface area contributed by atoms with Gasteiger partial charge in [0.25, 0.3) is 0 Å². The Morgan fingerprint density at radius 2 is 1.21 bits per heavy atom. The number of alkyl halides is 2. The third kappa shape index (κ3) is 5.71. The second-order valence-corrected chi connectivity index (χ2v) is 7.20. The van der Waals surface area contributed by atoms with Crippen LogP contribution in [-0.2, 0) is 0 Å². The van der Waals surface area contributed by atoms with E-state index in [1.54, 1.807) is 6.08 Å². The van der Waals surface area contributed by atoms with Gasteiger partial charge in [-0.2, -0.15) is 8.78 Å². The molecular formula is C28H21F2NO2. The number of hydrogen-bond acceptors (Lipinski definition) is 3. The SMILES string of the molecule is O=C(C=Cc1ccc(N(c2ccccc2)c2ccccc2)cc1)c1ccc(OC(F)F)cc1. The van der Waals surface area contributed by atoms with E-state index in [0.717, 1.165) is 22.6 Å². The van der Waals surface area contributed by atoms with Gasteiger partial charge < -0.3 is 9.64 Å². The van der Waals surface area contributed by atoms with Gasteiger partial charge in [-0.1, -0.05) is 54.6 Å². The first kappa shape index (κ1) is 22.0. The Hall–Kier alpha value is -4.25. The topological polar surface area (TPSA) is 29.5 Å². The van der Waals surface area contributed by atoms with Crippen molar-refractivity contribution >= 4 is 28.9 Å². The van der Waals surface area contributed by atoms with Gasteiger partial charge in [-0.3, -0.25) is 4.79 Å². The van der Waals surface area contributed by atoms with E-state index in [1.165, 1.54) is 30.3 Å². The van der Waals surface area contributed by atoms with Gasteiger partial charge in [0.1, 0.15) is 5.75 Å². The zero-order valence-electron chi connectivity index (χ0n) is 17.6. The summed E-state index contributed by atoms with van der Waals surface area (Å²) in [6, 6.07) is 33.7. The van der Waals surface area contributed by atoms with Crippen LogP contribution in [0.5, 0.6) is 5.75 Å². The summed E-state index contributed by atoms with van der Waals surface area (Å²) in [6.45, 7) is -2.89. The van der Waals surface area contributed by atoms with Crippen LogP contribution >= 0.6 is 0 Å². The molecule has 0 aliphatic rings. The van der Waals surface area contributed by atoms with Crippen molar-refractivity contribution in [2.75, 3.05) is 4.90 Å². The van der Waals surface area contributed by atoms with Crippen LogP contribution in [0.1, 0.15) is 15.9 Å². The van der Waals surface area contributed by atoms with Crippen molar-refractivity contribution in [3.8, 4) is 5.75 Å². The highest BCUT2D eigenvalue weighted by molar-refractivity contribution is 6.06. The third-order valence-electron chi connectivity index (χ3n) is 4.97. The van der Waals surface area contributed by atoms with E-state index in [4.69, 9.17) is 0 Å². The summed E-state index contributed by atoms with van der Waals surface area (Å²) >= 11 is 0. The zero-order valence-corrected chi connectivity index (χ0v) is 17.6. The first-order valence-electron chi connectivity index (χ1n) is 10.4. The van der Waals surface area contributed by atoms with Crippen molar-refractivity contribution in [3.63, 3.8) is 0 Å². The molecule has 0 bridgehead atoms. The summed E-state index contributed by atoms with van der Waals surface area (Å²) in [7, 11) is 0. The highest BCUT2D eigenvalue weighted by atomic mass is 19.3. The monoisotopic (exact) mass is 441 g/mol. The van der Waals surface area contributed by atoms with E-state index in [2.05, 4.69) is 33.9 Å². The number of carbonyl (C=O) groups is 1. The van der Waals surface area contributed by atoms with Gasteiger partial charge in [-0.05, 0) is 72.3 Å². The molecule has 0 aromatic heterocycles. The molecule has 0 amide bonds. The average molecular weight is 441 g/mol. The highest BCUT2D eigenvalue weighted by Gasteiger charge is 2.11. The first-order valence-corrected chi connectivity index (χ1v) is 10.4. The average Bonchev–Trinajstić information content (AvgIpc) is 2.85. The van der Waals surface area contributed by atoms with E-state index >= 15 is 0 Å². The van der Waals surface area contributed by atoms with Gasteiger partial charge in [0, 0.05) is 22.6 Å². The van der Waals surface area contributed by atoms with E-state index in [9.17, 15) is 13.6 Å². The number of anilines is 3. The van der Waals surface area contributed by atoms with Crippen molar-refractivity contribution in [2.24, 2.45) is 0 Å². The van der Waals surface area contributed by atoms with Crippen LogP contribution in [0, 0.1) is 0 Å². The summed E-state index contributed by atoms with van der Waals surface area (Å²) in [5, 5.41) is 0. The summed E-state index contributed by atoms with van der Waals surface area (Å²) < 4.78 is 28.8. The standard InChI is InChI=1S/C28H21F2NO2/c29-28(30)33-26-18-14-22(15-19-26)27(32)20-13-21-11-16-25(17-12-21)31(23-7-3-1-4-8-23)24-9-5-2-6-10-24/h1-20,28H. The number of nitrogens with zero attached hydrogens (tertiary/aromatic N) is 1. The number of benzene rings is 4. The molecule has 5 heteroatoms. The van der Waals surface area contributed by atoms with E-state index in [0.29, 0.717) is 5.56 Å². The number of rotatable bonds is 8. The number of para-hydroxylation sites is 2. The fraction of sp³-hybridized carbons (Fsp3) is 0.0357. The van der Waals surface area contributed by atoms with Crippen LogP contribution < -0.4 is 9.64 Å². The smallest absolute Gasteiger partial charge is 0.387 e. The summed E-state index contributed by atoms with van der Waals surface area (Å²) in [5.74, 6) is -0.208. The Morgan fingerprint density at radius 3 is 1.73 bits per heavy atom.